The van der Waals surface area contributed by atoms with Crippen LogP contribution in [0.25, 0.3) is 0 Å². The zero-order valence-electron chi connectivity index (χ0n) is 10.2. The molecule has 1 unspecified atom stereocenters. The van der Waals surface area contributed by atoms with Gasteiger partial charge in [-0.15, -0.1) is 0 Å². The van der Waals surface area contributed by atoms with Crippen LogP contribution >= 0.6 is 0 Å². The van der Waals surface area contributed by atoms with Crippen LogP contribution in [0.5, 0.6) is 0 Å². The standard InChI is InChI=1S/C13H21N3/c1-10(8-14-2)9-15-13-7-6-11-4-3-5-12(11)16-13/h6-7,10,14H,3-5,8-9H2,1-2H3,(H,15,16). The molecule has 2 N–H and O–H groups in total. The Kier molecular flexibility index (Phi) is 3.78. The lowest BCUT2D eigenvalue weighted by Gasteiger charge is -2.13. The number of anilines is 1. The van der Waals surface area contributed by atoms with Crippen molar-refractivity contribution in [2.24, 2.45) is 5.92 Å². The van der Waals surface area contributed by atoms with E-state index in [2.05, 4.69) is 34.7 Å². The highest BCUT2D eigenvalue weighted by Crippen LogP contribution is 2.21. The minimum atomic E-state index is 0.625. The van der Waals surface area contributed by atoms with Crippen LogP contribution < -0.4 is 10.6 Å². The van der Waals surface area contributed by atoms with Crippen molar-refractivity contribution in [3.8, 4) is 0 Å². The highest BCUT2D eigenvalue weighted by Gasteiger charge is 2.12. The third-order valence-corrected chi connectivity index (χ3v) is 3.11. The topological polar surface area (TPSA) is 37.0 Å². The molecule has 1 aromatic rings. The number of fused-ring (bicyclic) bond motifs is 1. The zero-order chi connectivity index (χ0) is 11.4. The van der Waals surface area contributed by atoms with E-state index >= 15 is 0 Å². The number of hydrogen-bond donors (Lipinski definition) is 2. The van der Waals surface area contributed by atoms with E-state index in [-0.39, 0.29) is 0 Å². The fourth-order valence-corrected chi connectivity index (χ4v) is 2.22. The zero-order valence-corrected chi connectivity index (χ0v) is 10.2. The minimum Gasteiger partial charge on any atom is -0.370 e. The van der Waals surface area contributed by atoms with Gasteiger partial charge in [-0.3, -0.25) is 0 Å². The molecule has 0 radical (unpaired) electrons. The smallest absolute Gasteiger partial charge is 0.126 e. The van der Waals surface area contributed by atoms with Crippen LogP contribution in [0.3, 0.4) is 0 Å². The molecular weight excluding hydrogens is 198 g/mol. The van der Waals surface area contributed by atoms with Gasteiger partial charge in [-0.2, -0.15) is 0 Å². The maximum absolute atomic E-state index is 4.65. The van der Waals surface area contributed by atoms with Gasteiger partial charge in [0, 0.05) is 12.2 Å². The van der Waals surface area contributed by atoms with E-state index in [0.717, 1.165) is 25.3 Å². The molecule has 0 saturated heterocycles. The van der Waals surface area contributed by atoms with Crippen LogP contribution in [0.2, 0.25) is 0 Å². The first kappa shape index (κ1) is 11.4. The number of pyridine rings is 1. The summed E-state index contributed by atoms with van der Waals surface area (Å²) in [7, 11) is 1.99. The van der Waals surface area contributed by atoms with E-state index in [1.807, 2.05) is 7.05 Å². The summed E-state index contributed by atoms with van der Waals surface area (Å²) < 4.78 is 0. The van der Waals surface area contributed by atoms with E-state index in [1.54, 1.807) is 0 Å². The Bertz CT molecular complexity index is 349. The van der Waals surface area contributed by atoms with Gasteiger partial charge in [0.25, 0.3) is 0 Å². The van der Waals surface area contributed by atoms with Crippen molar-refractivity contribution in [3.63, 3.8) is 0 Å². The average molecular weight is 219 g/mol. The molecule has 1 aliphatic carbocycles. The van der Waals surface area contributed by atoms with Gasteiger partial charge in [0.1, 0.15) is 5.82 Å². The van der Waals surface area contributed by atoms with Crippen molar-refractivity contribution in [1.29, 1.82) is 0 Å². The average Bonchev–Trinajstić information content (AvgIpc) is 2.74. The molecule has 0 bridgehead atoms. The van der Waals surface area contributed by atoms with Crippen LogP contribution in [0.1, 0.15) is 24.6 Å². The van der Waals surface area contributed by atoms with Crippen LogP contribution in [-0.2, 0) is 12.8 Å². The summed E-state index contributed by atoms with van der Waals surface area (Å²) in [4.78, 5) is 4.65. The van der Waals surface area contributed by atoms with Crippen molar-refractivity contribution in [2.45, 2.75) is 26.2 Å². The van der Waals surface area contributed by atoms with Crippen LogP contribution in [0, 0.1) is 5.92 Å². The quantitative estimate of drug-likeness (QED) is 0.793. The monoisotopic (exact) mass is 219 g/mol. The van der Waals surface area contributed by atoms with Crippen LogP contribution in [-0.4, -0.2) is 25.1 Å². The van der Waals surface area contributed by atoms with E-state index in [0.29, 0.717) is 5.92 Å². The molecule has 0 spiro atoms. The Morgan fingerprint density at radius 3 is 3.00 bits per heavy atom. The number of aromatic nitrogens is 1. The number of nitrogens with one attached hydrogen (secondary N) is 2. The Balaban J connectivity index is 1.90. The summed E-state index contributed by atoms with van der Waals surface area (Å²) in [6, 6.07) is 4.33. The summed E-state index contributed by atoms with van der Waals surface area (Å²) in [6.45, 7) is 4.25. The van der Waals surface area contributed by atoms with Gasteiger partial charge < -0.3 is 10.6 Å². The maximum atomic E-state index is 4.65. The minimum absolute atomic E-state index is 0.625. The lowest BCUT2D eigenvalue weighted by atomic mass is 10.2. The lowest BCUT2D eigenvalue weighted by molar-refractivity contribution is 0.569. The fourth-order valence-electron chi connectivity index (χ4n) is 2.22. The molecule has 3 nitrogen and oxygen atoms in total. The van der Waals surface area contributed by atoms with Crippen LogP contribution in [0.15, 0.2) is 12.1 Å². The fraction of sp³-hybridized carbons (Fsp3) is 0.615. The lowest BCUT2D eigenvalue weighted by Crippen LogP contribution is -2.23. The van der Waals surface area contributed by atoms with Crippen molar-refractivity contribution in [3.05, 3.63) is 23.4 Å². The Hall–Kier alpha value is -1.09. The second-order valence-electron chi connectivity index (χ2n) is 4.70. The number of aryl methyl sites for hydroxylation is 2. The van der Waals surface area contributed by atoms with Gasteiger partial charge in [-0.1, -0.05) is 13.0 Å². The molecule has 1 aromatic heterocycles. The first-order valence-corrected chi connectivity index (χ1v) is 6.17. The normalized spacial score (nSPS) is 15.9. The van der Waals surface area contributed by atoms with E-state index in [9.17, 15) is 0 Å². The molecule has 0 fully saturated rings. The Morgan fingerprint density at radius 1 is 1.31 bits per heavy atom. The van der Waals surface area contributed by atoms with Gasteiger partial charge in [-0.05, 0) is 50.4 Å². The third kappa shape index (κ3) is 2.73. The number of hydrogen-bond acceptors (Lipinski definition) is 3. The maximum Gasteiger partial charge on any atom is 0.126 e. The molecule has 16 heavy (non-hydrogen) atoms. The van der Waals surface area contributed by atoms with Crippen molar-refractivity contribution < 1.29 is 0 Å². The molecule has 1 atom stereocenters. The third-order valence-electron chi connectivity index (χ3n) is 3.11. The van der Waals surface area contributed by atoms with E-state index in [4.69, 9.17) is 0 Å². The van der Waals surface area contributed by atoms with Crippen LogP contribution in [0.4, 0.5) is 5.82 Å². The van der Waals surface area contributed by atoms with E-state index < -0.39 is 0 Å². The van der Waals surface area contributed by atoms with Crippen molar-refractivity contribution in [1.82, 2.24) is 10.3 Å². The number of rotatable bonds is 5. The molecule has 0 aromatic carbocycles. The van der Waals surface area contributed by atoms with Gasteiger partial charge >= 0.3 is 0 Å². The van der Waals surface area contributed by atoms with Gasteiger partial charge in [-0.25, -0.2) is 4.98 Å². The first-order valence-electron chi connectivity index (χ1n) is 6.17. The Morgan fingerprint density at radius 2 is 2.19 bits per heavy atom. The largest absolute Gasteiger partial charge is 0.370 e. The van der Waals surface area contributed by atoms with Gasteiger partial charge in [0.2, 0.25) is 0 Å². The molecule has 88 valence electrons. The first-order chi connectivity index (χ1) is 7.79. The molecule has 1 heterocycles. The summed E-state index contributed by atoms with van der Waals surface area (Å²) in [5, 5.41) is 6.59. The molecule has 0 saturated carbocycles. The summed E-state index contributed by atoms with van der Waals surface area (Å²) >= 11 is 0. The van der Waals surface area contributed by atoms with Gasteiger partial charge in [0.15, 0.2) is 0 Å². The summed E-state index contributed by atoms with van der Waals surface area (Å²) in [5.74, 6) is 1.66. The predicted octanol–water partition coefficient (Wildman–Crippen LogP) is 1.84. The van der Waals surface area contributed by atoms with Gasteiger partial charge in [0.05, 0.1) is 0 Å². The highest BCUT2D eigenvalue weighted by molar-refractivity contribution is 5.40. The second-order valence-corrected chi connectivity index (χ2v) is 4.70. The molecule has 3 heteroatoms. The SMILES string of the molecule is CNCC(C)CNc1ccc2c(n1)CCC2. The molecule has 0 amide bonds. The van der Waals surface area contributed by atoms with Crippen molar-refractivity contribution in [2.75, 3.05) is 25.5 Å². The highest BCUT2D eigenvalue weighted by atomic mass is 15.0. The molecule has 0 aliphatic heterocycles. The number of nitrogens with zero attached hydrogens (tertiary/aromatic N) is 1. The summed E-state index contributed by atoms with van der Waals surface area (Å²) in [5.41, 5.74) is 2.74. The Labute approximate surface area is 97.7 Å². The van der Waals surface area contributed by atoms with Crippen molar-refractivity contribution >= 4 is 5.82 Å². The predicted molar refractivity (Wildman–Crippen MR) is 67.8 cm³/mol. The second kappa shape index (κ2) is 5.30. The molecule has 1 aliphatic rings. The summed E-state index contributed by atoms with van der Waals surface area (Å²) in [6.07, 6.45) is 3.62. The molecular formula is C13H21N3. The van der Waals surface area contributed by atoms with E-state index in [1.165, 1.54) is 24.1 Å². The molecule has 2 rings (SSSR count).